The molecule has 0 heterocycles. The molecule has 1 rings (SSSR count). The van der Waals surface area contributed by atoms with E-state index in [-0.39, 0.29) is 12.4 Å². The fraction of sp³-hybridized carbons (Fsp3) is 0.250. The largest absolute Gasteiger partial charge is 0.259 e. The topological polar surface area (TPSA) is 31.5 Å². The van der Waals surface area contributed by atoms with Crippen molar-refractivity contribution in [1.82, 2.24) is 5.90 Å². The van der Waals surface area contributed by atoms with E-state index < -0.39 is 0 Å². The molecular weight excluding hydrogens is 145 g/mol. The summed E-state index contributed by atoms with van der Waals surface area (Å²) in [5, 5.41) is 0. The third-order valence-corrected chi connectivity index (χ3v) is 1.56. The van der Waals surface area contributed by atoms with Crippen molar-refractivity contribution in [3.05, 3.63) is 35.1 Å². The lowest BCUT2D eigenvalue weighted by Crippen LogP contribution is -1.96. The zero-order valence-electron chi connectivity index (χ0n) is 6.17. The Kier molecular flexibility index (Phi) is 2.57. The van der Waals surface area contributed by atoms with Crippen molar-refractivity contribution in [1.29, 1.82) is 0 Å². The fourth-order valence-corrected chi connectivity index (χ4v) is 0.914. The van der Waals surface area contributed by atoms with E-state index >= 15 is 0 Å². The van der Waals surface area contributed by atoms with Crippen LogP contribution in [-0.4, -0.2) is 0 Å². The molecule has 0 bridgehead atoms. The van der Waals surface area contributed by atoms with Crippen molar-refractivity contribution in [2.75, 3.05) is 0 Å². The number of benzene rings is 1. The van der Waals surface area contributed by atoms with Crippen LogP contribution in [0.5, 0.6) is 0 Å². The molecule has 0 saturated heterocycles. The third kappa shape index (κ3) is 1.76. The minimum atomic E-state index is -0.348. The number of halogens is 1. The molecule has 0 aromatic heterocycles. The Bertz CT molecular complexity index is 230. The zero-order valence-corrected chi connectivity index (χ0v) is 6.17. The lowest BCUT2D eigenvalue weighted by atomic mass is 10.1. The Labute approximate surface area is 64.7 Å². The van der Waals surface area contributed by atoms with Gasteiger partial charge in [0.25, 0.3) is 0 Å². The van der Waals surface area contributed by atoms with Crippen molar-refractivity contribution in [2.45, 2.75) is 13.5 Å². The quantitative estimate of drug-likeness (QED) is 0.594. The van der Waals surface area contributed by atoms with Crippen LogP contribution in [0.15, 0.2) is 18.2 Å². The lowest BCUT2D eigenvalue weighted by Gasteiger charge is -2.02. The maximum Gasteiger partial charge on any atom is 0.129 e. The SMILES string of the molecule is Cc1cccc(F)c1CO[N]. The molecule has 11 heavy (non-hydrogen) atoms. The fourth-order valence-electron chi connectivity index (χ4n) is 0.914. The second-order valence-corrected chi connectivity index (χ2v) is 2.31. The van der Waals surface area contributed by atoms with Crippen LogP contribution in [-0.2, 0) is 11.4 Å². The summed E-state index contributed by atoms with van der Waals surface area (Å²) in [7, 11) is 0. The lowest BCUT2D eigenvalue weighted by molar-refractivity contribution is 0.102. The highest BCUT2D eigenvalue weighted by molar-refractivity contribution is 5.26. The van der Waals surface area contributed by atoms with Gasteiger partial charge in [-0.05, 0) is 18.6 Å². The van der Waals surface area contributed by atoms with E-state index in [2.05, 4.69) is 4.84 Å². The molecule has 0 aliphatic carbocycles. The normalized spacial score (nSPS) is 10.1. The number of hydrogen-bond donors (Lipinski definition) is 0. The van der Waals surface area contributed by atoms with Gasteiger partial charge in [0.2, 0.25) is 0 Å². The van der Waals surface area contributed by atoms with Gasteiger partial charge in [0.05, 0.1) is 0 Å². The standard InChI is InChI=1S/C8H8FNO/c1-6-3-2-4-8(9)7(6)5-11-10/h2-4H,5H2,1H3. The molecule has 0 N–H and O–H groups in total. The van der Waals surface area contributed by atoms with E-state index in [1.807, 2.05) is 0 Å². The molecule has 1 aromatic carbocycles. The van der Waals surface area contributed by atoms with Crippen LogP contribution < -0.4 is 5.90 Å². The number of nitrogens with zero attached hydrogens (tertiary/aromatic N) is 1. The monoisotopic (exact) mass is 153 g/mol. The van der Waals surface area contributed by atoms with Gasteiger partial charge < -0.3 is 0 Å². The van der Waals surface area contributed by atoms with Crippen molar-refractivity contribution in [2.24, 2.45) is 0 Å². The van der Waals surface area contributed by atoms with E-state index in [1.165, 1.54) is 6.07 Å². The summed E-state index contributed by atoms with van der Waals surface area (Å²) < 4.78 is 12.8. The van der Waals surface area contributed by atoms with Crippen LogP contribution in [0, 0.1) is 12.7 Å². The first kappa shape index (κ1) is 8.17. The van der Waals surface area contributed by atoms with E-state index in [4.69, 9.17) is 5.90 Å². The van der Waals surface area contributed by atoms with Gasteiger partial charge in [-0.3, -0.25) is 4.84 Å². The van der Waals surface area contributed by atoms with E-state index in [1.54, 1.807) is 19.1 Å². The zero-order chi connectivity index (χ0) is 8.27. The Hall–Kier alpha value is -0.930. The molecule has 2 nitrogen and oxygen atoms in total. The predicted molar refractivity (Wildman–Crippen MR) is 38.1 cm³/mol. The first-order valence-corrected chi connectivity index (χ1v) is 3.26. The van der Waals surface area contributed by atoms with Crippen LogP contribution >= 0.6 is 0 Å². The summed E-state index contributed by atoms with van der Waals surface area (Å²) in [6.45, 7) is 1.66. The molecule has 0 fully saturated rings. The smallest absolute Gasteiger partial charge is 0.129 e. The number of hydrogen-bond acceptors (Lipinski definition) is 1. The average molecular weight is 153 g/mol. The van der Waals surface area contributed by atoms with Crippen molar-refractivity contribution in [3.8, 4) is 0 Å². The van der Waals surface area contributed by atoms with Gasteiger partial charge in [-0.1, -0.05) is 12.1 Å². The maximum atomic E-state index is 12.8. The third-order valence-electron chi connectivity index (χ3n) is 1.56. The minimum absolute atomic E-state index is 0.0987. The van der Waals surface area contributed by atoms with Crippen molar-refractivity contribution < 1.29 is 9.23 Å². The Morgan fingerprint density at radius 1 is 1.55 bits per heavy atom. The Balaban J connectivity index is 3.00. The molecule has 0 aliphatic heterocycles. The molecular formula is C8H8FNO. The Morgan fingerprint density at radius 2 is 2.27 bits per heavy atom. The van der Waals surface area contributed by atoms with Crippen molar-refractivity contribution in [3.63, 3.8) is 0 Å². The summed E-state index contributed by atoms with van der Waals surface area (Å²) in [6.07, 6.45) is 0. The summed E-state index contributed by atoms with van der Waals surface area (Å²) in [5.41, 5.74) is 1.18. The second kappa shape index (κ2) is 3.46. The predicted octanol–water partition coefficient (Wildman–Crippen LogP) is 1.63. The molecule has 3 heteroatoms. The van der Waals surface area contributed by atoms with Crippen LogP contribution in [0.2, 0.25) is 0 Å². The van der Waals surface area contributed by atoms with Crippen molar-refractivity contribution >= 4 is 0 Å². The first-order chi connectivity index (χ1) is 5.25. The van der Waals surface area contributed by atoms with Gasteiger partial charge in [0.1, 0.15) is 12.4 Å². The maximum absolute atomic E-state index is 12.8. The molecule has 0 atom stereocenters. The Morgan fingerprint density at radius 3 is 2.82 bits per heavy atom. The molecule has 0 unspecified atom stereocenters. The van der Waals surface area contributed by atoms with Crippen LogP contribution in [0.3, 0.4) is 0 Å². The highest BCUT2D eigenvalue weighted by Crippen LogP contribution is 2.12. The minimum Gasteiger partial charge on any atom is -0.259 e. The summed E-state index contributed by atoms with van der Waals surface area (Å²) in [6, 6.07) is 4.71. The van der Waals surface area contributed by atoms with Crippen LogP contribution in [0.25, 0.3) is 0 Å². The second-order valence-electron chi connectivity index (χ2n) is 2.31. The van der Waals surface area contributed by atoms with E-state index in [9.17, 15) is 4.39 Å². The van der Waals surface area contributed by atoms with E-state index in [0.717, 1.165) is 5.56 Å². The molecule has 0 spiro atoms. The number of rotatable bonds is 2. The summed E-state index contributed by atoms with van der Waals surface area (Å²) in [5.74, 6) is 7.75. The molecule has 0 aliphatic rings. The number of aryl methyl sites for hydroxylation is 1. The van der Waals surface area contributed by atoms with Gasteiger partial charge in [-0.25, -0.2) is 4.39 Å². The molecule has 1 aromatic rings. The molecule has 0 amide bonds. The van der Waals surface area contributed by atoms with Gasteiger partial charge in [0, 0.05) is 11.5 Å². The van der Waals surface area contributed by atoms with E-state index in [0.29, 0.717) is 5.56 Å². The first-order valence-electron chi connectivity index (χ1n) is 3.26. The molecule has 58 valence electrons. The van der Waals surface area contributed by atoms with Crippen LogP contribution in [0.4, 0.5) is 4.39 Å². The highest BCUT2D eigenvalue weighted by Gasteiger charge is 2.03. The van der Waals surface area contributed by atoms with Gasteiger partial charge in [-0.15, -0.1) is 0 Å². The van der Waals surface area contributed by atoms with Gasteiger partial charge >= 0.3 is 0 Å². The summed E-state index contributed by atoms with van der Waals surface area (Å²) >= 11 is 0. The summed E-state index contributed by atoms with van der Waals surface area (Å²) in [4.78, 5) is 3.85. The molecule has 0 saturated carbocycles. The molecule has 2 radical (unpaired) electrons. The van der Waals surface area contributed by atoms with Gasteiger partial charge in [0.15, 0.2) is 0 Å². The van der Waals surface area contributed by atoms with Gasteiger partial charge in [-0.2, -0.15) is 0 Å². The van der Waals surface area contributed by atoms with Crippen LogP contribution in [0.1, 0.15) is 11.1 Å². The average Bonchev–Trinajstić information content (AvgIpc) is 1.97. The highest BCUT2D eigenvalue weighted by atomic mass is 19.1.